The zero-order chi connectivity index (χ0) is 22.3. The topological polar surface area (TPSA) is 59.8 Å². The molecule has 4 rings (SSSR count). The number of hydrogen-bond donors (Lipinski definition) is 0. The Balaban J connectivity index is 1.83. The molecular formula is C24H23BrClNO4. The average molecular weight is 505 g/mol. The van der Waals surface area contributed by atoms with Crippen LogP contribution in [-0.2, 0) is 4.74 Å². The molecule has 7 heteroatoms. The first-order valence-electron chi connectivity index (χ1n) is 10.2. The summed E-state index contributed by atoms with van der Waals surface area (Å²) in [5.74, 6) is -0.170. The van der Waals surface area contributed by atoms with Gasteiger partial charge in [-0.05, 0) is 62.6 Å². The van der Waals surface area contributed by atoms with E-state index in [1.54, 1.807) is 17.0 Å². The van der Waals surface area contributed by atoms with Crippen LogP contribution in [0.15, 0.2) is 50.1 Å². The predicted octanol–water partition coefficient (Wildman–Crippen LogP) is 5.88. The van der Waals surface area contributed by atoms with Crippen molar-refractivity contribution in [1.29, 1.82) is 0 Å². The largest absolute Gasteiger partial charge is 0.450 e. The van der Waals surface area contributed by atoms with Crippen LogP contribution in [0, 0.1) is 6.92 Å². The number of hydrogen-bond acceptors (Lipinski definition) is 4. The van der Waals surface area contributed by atoms with E-state index in [0.717, 1.165) is 15.6 Å². The van der Waals surface area contributed by atoms with Gasteiger partial charge in [-0.2, -0.15) is 0 Å². The van der Waals surface area contributed by atoms with Gasteiger partial charge in [0.2, 0.25) is 5.76 Å². The number of benzene rings is 2. The van der Waals surface area contributed by atoms with Crippen LogP contribution < -0.4 is 5.43 Å². The molecule has 3 aromatic rings. The molecule has 5 nitrogen and oxygen atoms in total. The van der Waals surface area contributed by atoms with E-state index in [1.807, 2.05) is 45.0 Å². The molecule has 1 aliphatic heterocycles. The summed E-state index contributed by atoms with van der Waals surface area (Å²) in [5.41, 5.74) is 2.16. The minimum Gasteiger partial charge on any atom is -0.450 e. The normalized spacial score (nSPS) is 15.9. The molecule has 2 aromatic carbocycles. The van der Waals surface area contributed by atoms with Crippen LogP contribution in [0.4, 0.5) is 0 Å². The zero-order valence-corrected chi connectivity index (χ0v) is 19.9. The maximum atomic E-state index is 13.5. The van der Waals surface area contributed by atoms with Gasteiger partial charge in [-0.15, -0.1) is 0 Å². The van der Waals surface area contributed by atoms with E-state index < -0.39 is 6.04 Å². The molecule has 0 bridgehead atoms. The van der Waals surface area contributed by atoms with Gasteiger partial charge < -0.3 is 14.1 Å². The lowest BCUT2D eigenvalue weighted by Crippen LogP contribution is -2.31. The standard InChI is InChI=1S/C24H23BrClNO4/c1-13(2)30-10-4-9-27-21(15-5-7-16(25)8-6-15)20-22(28)17-12-18(26)14(3)11-19(17)31-23(20)24(27)29/h5-8,11-13,21H,4,9-10H2,1-3H3. The first-order valence-corrected chi connectivity index (χ1v) is 11.4. The minimum absolute atomic E-state index is 0.108. The van der Waals surface area contributed by atoms with Gasteiger partial charge in [-0.1, -0.05) is 39.7 Å². The highest BCUT2D eigenvalue weighted by atomic mass is 79.9. The Labute approximate surface area is 194 Å². The molecule has 2 heterocycles. The van der Waals surface area contributed by atoms with Crippen LogP contribution in [0.1, 0.15) is 53.6 Å². The maximum absolute atomic E-state index is 13.5. The van der Waals surface area contributed by atoms with Crippen LogP contribution in [-0.4, -0.2) is 30.1 Å². The molecule has 0 saturated heterocycles. The van der Waals surface area contributed by atoms with Crippen molar-refractivity contribution in [3.05, 3.63) is 78.6 Å². The van der Waals surface area contributed by atoms with E-state index in [1.165, 1.54) is 0 Å². The summed E-state index contributed by atoms with van der Waals surface area (Å²) in [4.78, 5) is 28.6. The van der Waals surface area contributed by atoms with Gasteiger partial charge in [0.25, 0.3) is 5.91 Å². The Morgan fingerprint density at radius 2 is 1.90 bits per heavy atom. The molecule has 162 valence electrons. The van der Waals surface area contributed by atoms with Crippen LogP contribution in [0.3, 0.4) is 0 Å². The second-order valence-electron chi connectivity index (χ2n) is 8.00. The minimum atomic E-state index is -0.518. The number of nitrogens with zero attached hydrogens (tertiary/aromatic N) is 1. The highest BCUT2D eigenvalue weighted by Crippen LogP contribution is 2.39. The van der Waals surface area contributed by atoms with E-state index in [-0.39, 0.29) is 23.2 Å². The smallest absolute Gasteiger partial charge is 0.290 e. The number of fused-ring (bicyclic) bond motifs is 2. The van der Waals surface area contributed by atoms with Crippen molar-refractivity contribution in [1.82, 2.24) is 4.90 Å². The Hall–Kier alpha value is -2.15. The van der Waals surface area contributed by atoms with E-state index in [0.29, 0.717) is 41.1 Å². The monoisotopic (exact) mass is 503 g/mol. The molecule has 31 heavy (non-hydrogen) atoms. The van der Waals surface area contributed by atoms with Gasteiger partial charge >= 0.3 is 0 Å². The van der Waals surface area contributed by atoms with E-state index >= 15 is 0 Å². The summed E-state index contributed by atoms with van der Waals surface area (Å²) >= 11 is 9.72. The van der Waals surface area contributed by atoms with Crippen molar-refractivity contribution in [2.45, 2.75) is 39.3 Å². The van der Waals surface area contributed by atoms with Crippen LogP contribution >= 0.6 is 27.5 Å². The van der Waals surface area contributed by atoms with Crippen molar-refractivity contribution >= 4 is 44.4 Å². The summed E-state index contributed by atoms with van der Waals surface area (Å²) in [6.07, 6.45) is 0.777. The number of ether oxygens (including phenoxy) is 1. The van der Waals surface area contributed by atoms with Gasteiger partial charge in [0.15, 0.2) is 5.43 Å². The van der Waals surface area contributed by atoms with Gasteiger partial charge in [0, 0.05) is 22.6 Å². The third-order valence-corrected chi connectivity index (χ3v) is 6.36. The highest BCUT2D eigenvalue weighted by Gasteiger charge is 2.42. The fraction of sp³-hybridized carbons (Fsp3) is 0.333. The fourth-order valence-corrected chi connectivity index (χ4v) is 4.35. The van der Waals surface area contributed by atoms with Crippen molar-refractivity contribution in [2.75, 3.05) is 13.2 Å². The first kappa shape index (κ1) is 22.1. The molecule has 1 aliphatic rings. The van der Waals surface area contributed by atoms with E-state index in [9.17, 15) is 9.59 Å². The number of rotatable bonds is 6. The van der Waals surface area contributed by atoms with Crippen molar-refractivity contribution < 1.29 is 13.9 Å². The predicted molar refractivity (Wildman–Crippen MR) is 125 cm³/mol. The molecule has 0 saturated carbocycles. The zero-order valence-electron chi connectivity index (χ0n) is 17.6. The van der Waals surface area contributed by atoms with Gasteiger partial charge in [0.1, 0.15) is 5.58 Å². The number of amides is 1. The van der Waals surface area contributed by atoms with Crippen molar-refractivity contribution in [3.63, 3.8) is 0 Å². The molecule has 0 fully saturated rings. The molecule has 1 amide bonds. The Morgan fingerprint density at radius 3 is 2.58 bits per heavy atom. The van der Waals surface area contributed by atoms with Gasteiger partial charge in [0.05, 0.1) is 23.1 Å². The van der Waals surface area contributed by atoms with Gasteiger partial charge in [-0.3, -0.25) is 9.59 Å². The Morgan fingerprint density at radius 1 is 1.19 bits per heavy atom. The summed E-state index contributed by atoms with van der Waals surface area (Å²) in [6.45, 7) is 6.77. The number of halogens is 2. The number of aryl methyl sites for hydroxylation is 1. The fourth-order valence-electron chi connectivity index (χ4n) is 3.92. The third kappa shape index (κ3) is 4.16. The Bertz CT molecular complexity index is 1200. The van der Waals surface area contributed by atoms with Crippen LogP contribution in [0.2, 0.25) is 5.02 Å². The molecule has 1 aromatic heterocycles. The average Bonchev–Trinajstić information content (AvgIpc) is 3.00. The van der Waals surface area contributed by atoms with Crippen LogP contribution in [0.5, 0.6) is 0 Å². The maximum Gasteiger partial charge on any atom is 0.290 e. The second kappa shape index (κ2) is 8.77. The first-order chi connectivity index (χ1) is 14.8. The van der Waals surface area contributed by atoms with Crippen molar-refractivity contribution in [3.8, 4) is 0 Å². The molecule has 1 atom stereocenters. The summed E-state index contributed by atoms with van der Waals surface area (Å²) < 4.78 is 12.6. The molecular weight excluding hydrogens is 482 g/mol. The molecule has 0 aliphatic carbocycles. The van der Waals surface area contributed by atoms with Crippen LogP contribution in [0.25, 0.3) is 11.0 Å². The van der Waals surface area contributed by atoms with Crippen molar-refractivity contribution in [2.24, 2.45) is 0 Å². The second-order valence-corrected chi connectivity index (χ2v) is 9.32. The number of carbonyl (C=O) groups excluding carboxylic acids is 1. The molecule has 0 radical (unpaired) electrons. The third-order valence-electron chi connectivity index (χ3n) is 5.43. The lowest BCUT2D eigenvalue weighted by molar-refractivity contribution is 0.0593. The number of carbonyl (C=O) groups is 1. The summed E-state index contributed by atoms with van der Waals surface area (Å²) in [7, 11) is 0. The van der Waals surface area contributed by atoms with E-state index in [4.69, 9.17) is 20.8 Å². The summed E-state index contributed by atoms with van der Waals surface area (Å²) in [5, 5.41) is 0.876. The summed E-state index contributed by atoms with van der Waals surface area (Å²) in [6, 6.07) is 10.5. The van der Waals surface area contributed by atoms with E-state index in [2.05, 4.69) is 15.9 Å². The Kier molecular flexibility index (Phi) is 6.24. The lowest BCUT2D eigenvalue weighted by atomic mass is 9.98. The molecule has 0 N–H and O–H groups in total. The SMILES string of the molecule is Cc1cc2oc3c(c(=O)c2cc1Cl)C(c1ccc(Br)cc1)N(CCCOC(C)C)C3=O. The highest BCUT2D eigenvalue weighted by molar-refractivity contribution is 9.10. The van der Waals surface area contributed by atoms with Gasteiger partial charge in [-0.25, -0.2) is 0 Å². The molecule has 0 spiro atoms. The molecule has 1 unspecified atom stereocenters. The quantitative estimate of drug-likeness (QED) is 0.394. The lowest BCUT2D eigenvalue weighted by Gasteiger charge is -2.25.